The third-order valence-electron chi connectivity index (χ3n) is 4.13. The van der Waals surface area contributed by atoms with E-state index in [1.807, 2.05) is 60.7 Å². The minimum Gasteiger partial charge on any atom is -0.360 e. The molecule has 2 aromatic carbocycles. The number of rotatable bonds is 4. The Morgan fingerprint density at radius 1 is 1.12 bits per heavy atom. The van der Waals surface area contributed by atoms with Crippen LogP contribution in [-0.2, 0) is 0 Å². The average molecular weight is 338 g/mol. The molecule has 5 nitrogen and oxygen atoms in total. The number of fused-ring (bicyclic) bond motifs is 1. The third kappa shape index (κ3) is 2.80. The van der Waals surface area contributed by atoms with E-state index in [1.54, 1.807) is 29.3 Å². The van der Waals surface area contributed by atoms with Gasteiger partial charge in [-0.1, -0.05) is 36.4 Å². The van der Waals surface area contributed by atoms with Gasteiger partial charge in [0, 0.05) is 34.4 Å². The van der Waals surface area contributed by atoms with Crippen LogP contribution in [0.25, 0.3) is 22.7 Å². The van der Waals surface area contributed by atoms with Crippen LogP contribution in [0.4, 0.5) is 0 Å². The second-order valence-electron chi connectivity index (χ2n) is 5.80. The SMILES string of the molecule is N#C/C(=C\c1cnn(-c2ccccc2)c1)C(=O)c1c[nH]c2ccccc12. The van der Waals surface area contributed by atoms with Crippen LogP contribution in [0.3, 0.4) is 0 Å². The van der Waals surface area contributed by atoms with Crippen LogP contribution in [-0.4, -0.2) is 20.5 Å². The summed E-state index contributed by atoms with van der Waals surface area (Å²) in [5.41, 5.74) is 3.03. The van der Waals surface area contributed by atoms with E-state index in [-0.39, 0.29) is 11.4 Å². The summed E-state index contributed by atoms with van der Waals surface area (Å²) in [5, 5.41) is 14.6. The van der Waals surface area contributed by atoms with E-state index in [4.69, 9.17) is 0 Å². The number of nitrogens with zero attached hydrogens (tertiary/aromatic N) is 3. The Labute approximate surface area is 149 Å². The maximum absolute atomic E-state index is 12.8. The fourth-order valence-electron chi connectivity index (χ4n) is 2.85. The van der Waals surface area contributed by atoms with Crippen LogP contribution < -0.4 is 0 Å². The molecule has 0 aliphatic heterocycles. The molecule has 0 bridgehead atoms. The predicted octanol–water partition coefficient (Wildman–Crippen LogP) is 4.14. The van der Waals surface area contributed by atoms with E-state index in [0.717, 1.165) is 16.6 Å². The highest BCUT2D eigenvalue weighted by molar-refractivity contribution is 6.19. The molecule has 2 heterocycles. The molecule has 0 aliphatic rings. The lowest BCUT2D eigenvalue weighted by atomic mass is 10.0. The molecule has 0 unspecified atom stereocenters. The lowest BCUT2D eigenvalue weighted by molar-refractivity contribution is 0.104. The van der Waals surface area contributed by atoms with Gasteiger partial charge in [-0.2, -0.15) is 10.4 Å². The highest BCUT2D eigenvalue weighted by atomic mass is 16.1. The van der Waals surface area contributed by atoms with Crippen LogP contribution in [0.15, 0.2) is 78.8 Å². The summed E-state index contributed by atoms with van der Waals surface area (Å²) in [5.74, 6) is -0.308. The van der Waals surface area contributed by atoms with E-state index in [2.05, 4.69) is 10.1 Å². The zero-order valence-corrected chi connectivity index (χ0v) is 13.8. The molecule has 124 valence electrons. The number of aromatic nitrogens is 3. The standard InChI is InChI=1S/C21H14N4O/c22-11-16(21(26)19-13-23-20-9-5-4-8-18(19)20)10-15-12-24-25(14-15)17-6-2-1-3-7-17/h1-10,12-14,23H/b16-10+. The van der Waals surface area contributed by atoms with Crippen LogP contribution in [0.2, 0.25) is 0 Å². The predicted molar refractivity (Wildman–Crippen MR) is 99.8 cm³/mol. The zero-order valence-electron chi connectivity index (χ0n) is 13.8. The van der Waals surface area contributed by atoms with E-state index in [9.17, 15) is 10.1 Å². The number of aromatic amines is 1. The molecule has 4 aromatic rings. The Bertz CT molecular complexity index is 1160. The number of hydrogen-bond donors (Lipinski definition) is 1. The van der Waals surface area contributed by atoms with E-state index in [1.165, 1.54) is 0 Å². The van der Waals surface area contributed by atoms with Crippen molar-refractivity contribution >= 4 is 22.8 Å². The van der Waals surface area contributed by atoms with Gasteiger partial charge in [0.05, 0.1) is 11.9 Å². The molecule has 26 heavy (non-hydrogen) atoms. The maximum Gasteiger partial charge on any atom is 0.205 e. The first-order valence-corrected chi connectivity index (χ1v) is 8.09. The van der Waals surface area contributed by atoms with Gasteiger partial charge in [0.15, 0.2) is 0 Å². The molecule has 4 rings (SSSR count). The lowest BCUT2D eigenvalue weighted by Gasteiger charge is -1.99. The fourth-order valence-corrected chi connectivity index (χ4v) is 2.85. The minimum absolute atomic E-state index is 0.0716. The summed E-state index contributed by atoms with van der Waals surface area (Å²) in [7, 11) is 0. The number of hydrogen-bond acceptors (Lipinski definition) is 3. The van der Waals surface area contributed by atoms with Gasteiger partial charge in [-0.3, -0.25) is 4.79 Å². The first-order valence-electron chi connectivity index (χ1n) is 8.09. The van der Waals surface area contributed by atoms with Gasteiger partial charge < -0.3 is 4.98 Å². The largest absolute Gasteiger partial charge is 0.360 e. The molecular weight excluding hydrogens is 324 g/mol. The first kappa shape index (κ1) is 15.6. The smallest absolute Gasteiger partial charge is 0.205 e. The van der Waals surface area contributed by atoms with Gasteiger partial charge in [0.25, 0.3) is 0 Å². The maximum atomic E-state index is 12.8. The molecule has 0 spiro atoms. The van der Waals surface area contributed by atoms with E-state index in [0.29, 0.717) is 11.1 Å². The van der Waals surface area contributed by atoms with Gasteiger partial charge in [-0.05, 0) is 24.3 Å². The summed E-state index contributed by atoms with van der Waals surface area (Å²) in [4.78, 5) is 15.9. The van der Waals surface area contributed by atoms with E-state index >= 15 is 0 Å². The van der Waals surface area contributed by atoms with Crippen molar-refractivity contribution in [3.8, 4) is 11.8 Å². The second-order valence-corrected chi connectivity index (χ2v) is 5.80. The third-order valence-corrected chi connectivity index (χ3v) is 4.13. The van der Waals surface area contributed by atoms with Crippen molar-refractivity contribution in [3.63, 3.8) is 0 Å². The number of carbonyl (C=O) groups is 1. The Morgan fingerprint density at radius 3 is 2.69 bits per heavy atom. The average Bonchev–Trinajstić information content (AvgIpc) is 3.33. The van der Waals surface area contributed by atoms with Crippen LogP contribution in [0.1, 0.15) is 15.9 Å². The molecule has 0 atom stereocenters. The van der Waals surface area contributed by atoms with Crippen molar-refractivity contribution in [3.05, 3.63) is 89.9 Å². The molecule has 0 aliphatic carbocycles. The summed E-state index contributed by atoms with van der Waals surface area (Å²) in [6.45, 7) is 0. The Hall–Kier alpha value is -3.91. The van der Waals surface area contributed by atoms with Crippen molar-refractivity contribution < 1.29 is 4.79 Å². The van der Waals surface area contributed by atoms with Crippen LogP contribution >= 0.6 is 0 Å². The monoisotopic (exact) mass is 338 g/mol. The lowest BCUT2D eigenvalue weighted by Crippen LogP contribution is -2.00. The number of benzene rings is 2. The second kappa shape index (κ2) is 6.54. The van der Waals surface area contributed by atoms with Gasteiger partial charge in [-0.15, -0.1) is 0 Å². The molecular formula is C21H14N4O. The van der Waals surface area contributed by atoms with Crippen molar-refractivity contribution in [2.75, 3.05) is 0 Å². The summed E-state index contributed by atoms with van der Waals surface area (Å²) in [6, 6.07) is 19.2. The normalized spacial score (nSPS) is 11.4. The zero-order chi connectivity index (χ0) is 17.9. The highest BCUT2D eigenvalue weighted by Gasteiger charge is 2.16. The summed E-state index contributed by atoms with van der Waals surface area (Å²) in [6.07, 6.45) is 6.63. The van der Waals surface area contributed by atoms with Gasteiger partial charge in [-0.25, -0.2) is 4.68 Å². The van der Waals surface area contributed by atoms with Crippen molar-refractivity contribution in [1.82, 2.24) is 14.8 Å². The number of para-hydroxylation sites is 2. The number of H-pyrrole nitrogens is 1. The number of allylic oxidation sites excluding steroid dienone is 1. The molecule has 0 saturated heterocycles. The quantitative estimate of drug-likeness (QED) is 0.345. The molecule has 0 radical (unpaired) electrons. The molecule has 0 saturated carbocycles. The van der Waals surface area contributed by atoms with Gasteiger partial charge in [0.2, 0.25) is 5.78 Å². The number of nitrogens with one attached hydrogen (secondary N) is 1. The summed E-state index contributed by atoms with van der Waals surface area (Å²) < 4.78 is 1.71. The van der Waals surface area contributed by atoms with Crippen molar-refractivity contribution in [2.45, 2.75) is 0 Å². The van der Waals surface area contributed by atoms with Crippen LogP contribution in [0, 0.1) is 11.3 Å². The minimum atomic E-state index is -0.308. The fraction of sp³-hybridized carbons (Fsp3) is 0. The highest BCUT2D eigenvalue weighted by Crippen LogP contribution is 2.21. The molecule has 0 fully saturated rings. The van der Waals surface area contributed by atoms with Crippen molar-refractivity contribution in [1.29, 1.82) is 5.26 Å². The number of ketones is 1. The van der Waals surface area contributed by atoms with Crippen LogP contribution in [0.5, 0.6) is 0 Å². The summed E-state index contributed by atoms with van der Waals surface area (Å²) >= 11 is 0. The topological polar surface area (TPSA) is 74.5 Å². The Balaban J connectivity index is 1.68. The Kier molecular flexibility index (Phi) is 3.92. The van der Waals surface area contributed by atoms with Gasteiger partial charge in [0.1, 0.15) is 11.6 Å². The number of Topliss-reactive ketones (excluding diaryl/α,β-unsaturated/α-hetero) is 1. The molecule has 2 aromatic heterocycles. The Morgan fingerprint density at radius 2 is 1.88 bits per heavy atom. The molecule has 1 N–H and O–H groups in total. The molecule has 5 heteroatoms. The first-order chi connectivity index (χ1) is 12.8. The van der Waals surface area contributed by atoms with Gasteiger partial charge >= 0.3 is 0 Å². The van der Waals surface area contributed by atoms with E-state index < -0.39 is 0 Å². The molecule has 0 amide bonds. The van der Waals surface area contributed by atoms with Crippen molar-refractivity contribution in [2.24, 2.45) is 0 Å². The number of carbonyl (C=O) groups excluding carboxylic acids is 1. The number of nitriles is 1.